The highest BCUT2D eigenvalue weighted by Crippen LogP contribution is 2.26. The normalized spacial score (nSPS) is 11.2. The van der Waals surface area contributed by atoms with Crippen molar-refractivity contribution in [3.8, 4) is 11.4 Å². The Morgan fingerprint density at radius 1 is 1.27 bits per heavy atom. The van der Waals surface area contributed by atoms with E-state index in [1.54, 1.807) is 28.9 Å². The zero-order valence-corrected chi connectivity index (χ0v) is 13.0. The maximum atomic E-state index is 9.35. The fourth-order valence-electron chi connectivity index (χ4n) is 2.01. The van der Waals surface area contributed by atoms with E-state index in [1.165, 1.54) is 18.2 Å². The van der Waals surface area contributed by atoms with Gasteiger partial charge in [0.1, 0.15) is 11.5 Å². The Morgan fingerprint density at radius 2 is 2.05 bits per heavy atom. The van der Waals surface area contributed by atoms with Crippen LogP contribution in [0.4, 0.5) is 0 Å². The lowest BCUT2D eigenvalue weighted by molar-refractivity contribution is 0.475. The Kier molecular flexibility index (Phi) is 4.10. The summed E-state index contributed by atoms with van der Waals surface area (Å²) in [5, 5.41) is 21.7. The molecule has 0 spiro atoms. The van der Waals surface area contributed by atoms with E-state index in [1.807, 2.05) is 0 Å². The van der Waals surface area contributed by atoms with Gasteiger partial charge in [-0.3, -0.25) is 0 Å². The summed E-state index contributed by atoms with van der Waals surface area (Å²) in [4.78, 5) is 4.25. The van der Waals surface area contributed by atoms with E-state index in [2.05, 4.69) is 34.4 Å². The molecule has 8 heteroatoms. The zero-order valence-electron chi connectivity index (χ0n) is 12.2. The van der Waals surface area contributed by atoms with Crippen LogP contribution < -0.4 is 0 Å². The molecule has 0 amide bonds. The average molecular weight is 317 g/mol. The minimum Gasteiger partial charge on any atom is -0.508 e. The van der Waals surface area contributed by atoms with Gasteiger partial charge in [0.2, 0.25) is 5.16 Å². The predicted molar refractivity (Wildman–Crippen MR) is 81.0 cm³/mol. The van der Waals surface area contributed by atoms with E-state index < -0.39 is 0 Å². The summed E-state index contributed by atoms with van der Waals surface area (Å²) in [5.41, 5.74) is 1.69. The van der Waals surface area contributed by atoms with Gasteiger partial charge in [-0.25, -0.2) is 4.98 Å². The fraction of sp³-hybridized carbons (Fsp3) is 0.286. The van der Waals surface area contributed by atoms with Crippen LogP contribution in [0.15, 0.2) is 40.2 Å². The first-order valence-corrected chi connectivity index (χ1v) is 7.76. The lowest BCUT2D eigenvalue weighted by Gasteiger charge is -2.05. The maximum absolute atomic E-state index is 9.35. The van der Waals surface area contributed by atoms with Crippen LogP contribution >= 0.6 is 11.8 Å². The Bertz CT molecular complexity index is 751. The molecule has 22 heavy (non-hydrogen) atoms. The largest absolute Gasteiger partial charge is 0.508 e. The van der Waals surface area contributed by atoms with Crippen molar-refractivity contribution in [2.24, 2.45) is 0 Å². The van der Waals surface area contributed by atoms with E-state index in [9.17, 15) is 5.11 Å². The summed E-state index contributed by atoms with van der Waals surface area (Å²) in [5.74, 6) is 2.00. The number of oxazole rings is 1. The molecule has 0 aliphatic carbocycles. The van der Waals surface area contributed by atoms with Crippen LogP contribution in [-0.4, -0.2) is 30.3 Å². The van der Waals surface area contributed by atoms with Crippen LogP contribution in [0.3, 0.4) is 0 Å². The zero-order chi connectivity index (χ0) is 15.5. The van der Waals surface area contributed by atoms with Crippen molar-refractivity contribution in [3.05, 3.63) is 42.1 Å². The number of aromatic nitrogens is 5. The maximum Gasteiger partial charge on any atom is 0.214 e. The van der Waals surface area contributed by atoms with Crippen molar-refractivity contribution in [1.82, 2.24) is 25.2 Å². The number of hydrogen-bond acceptors (Lipinski definition) is 7. The summed E-state index contributed by atoms with van der Waals surface area (Å²) in [6.07, 6.45) is 1.47. The smallest absolute Gasteiger partial charge is 0.214 e. The third kappa shape index (κ3) is 2.96. The van der Waals surface area contributed by atoms with Gasteiger partial charge in [0.15, 0.2) is 6.39 Å². The number of benzene rings is 1. The van der Waals surface area contributed by atoms with Crippen LogP contribution in [0.2, 0.25) is 0 Å². The second-order valence-corrected chi connectivity index (χ2v) is 5.94. The van der Waals surface area contributed by atoms with Crippen molar-refractivity contribution in [2.75, 3.05) is 0 Å². The topological polar surface area (TPSA) is 89.9 Å². The standard InChI is InChI=1S/C14H15N5O2S/c1-9(2)13-12(15-8-21-13)7-22-14-16-17-18-19(14)10-3-5-11(20)6-4-10/h3-6,8-9,20H,7H2,1-2H3. The molecule has 0 saturated carbocycles. The molecule has 0 fully saturated rings. The number of aromatic hydroxyl groups is 1. The Hall–Kier alpha value is -2.35. The first kappa shape index (κ1) is 14.6. The number of tetrazole rings is 1. The molecule has 2 heterocycles. The van der Waals surface area contributed by atoms with Crippen molar-refractivity contribution < 1.29 is 9.52 Å². The number of hydrogen-bond donors (Lipinski definition) is 1. The number of nitrogens with zero attached hydrogens (tertiary/aromatic N) is 5. The highest BCUT2D eigenvalue weighted by Gasteiger charge is 2.15. The van der Waals surface area contributed by atoms with Gasteiger partial charge in [0, 0.05) is 11.7 Å². The summed E-state index contributed by atoms with van der Waals surface area (Å²) < 4.78 is 7.04. The van der Waals surface area contributed by atoms with Crippen LogP contribution in [0.1, 0.15) is 31.2 Å². The Morgan fingerprint density at radius 3 is 2.77 bits per heavy atom. The Labute approximate surface area is 131 Å². The third-order valence-corrected chi connectivity index (χ3v) is 4.00. The van der Waals surface area contributed by atoms with Gasteiger partial charge in [-0.15, -0.1) is 5.10 Å². The van der Waals surface area contributed by atoms with Crippen LogP contribution in [0.5, 0.6) is 5.75 Å². The number of rotatable bonds is 5. The number of phenolic OH excluding ortho intramolecular Hbond substituents is 1. The molecule has 3 aromatic rings. The molecule has 0 aliphatic heterocycles. The summed E-state index contributed by atoms with van der Waals surface area (Å²) in [7, 11) is 0. The molecule has 0 saturated heterocycles. The van der Waals surface area contributed by atoms with Crippen LogP contribution in [0.25, 0.3) is 5.69 Å². The predicted octanol–water partition coefficient (Wildman–Crippen LogP) is 2.77. The van der Waals surface area contributed by atoms with Crippen molar-refractivity contribution in [2.45, 2.75) is 30.7 Å². The van der Waals surface area contributed by atoms with Gasteiger partial charge in [-0.05, 0) is 34.7 Å². The minimum atomic E-state index is 0.204. The number of phenols is 1. The molecule has 0 aliphatic rings. The first-order valence-electron chi connectivity index (χ1n) is 6.78. The van der Waals surface area contributed by atoms with Gasteiger partial charge in [-0.1, -0.05) is 25.6 Å². The van der Waals surface area contributed by atoms with E-state index in [0.29, 0.717) is 10.9 Å². The quantitative estimate of drug-likeness (QED) is 0.724. The molecular weight excluding hydrogens is 302 g/mol. The van der Waals surface area contributed by atoms with Gasteiger partial charge < -0.3 is 9.52 Å². The third-order valence-electron chi connectivity index (χ3n) is 3.07. The summed E-state index contributed by atoms with van der Waals surface area (Å²) >= 11 is 1.48. The molecule has 1 N–H and O–H groups in total. The van der Waals surface area contributed by atoms with Crippen molar-refractivity contribution in [1.29, 1.82) is 0 Å². The van der Waals surface area contributed by atoms with Gasteiger partial charge in [0.05, 0.1) is 11.4 Å². The molecule has 0 bridgehead atoms. The molecule has 0 radical (unpaired) electrons. The van der Waals surface area contributed by atoms with Crippen molar-refractivity contribution >= 4 is 11.8 Å². The fourth-order valence-corrected chi connectivity index (χ4v) is 2.85. The highest BCUT2D eigenvalue weighted by molar-refractivity contribution is 7.98. The molecule has 0 atom stereocenters. The van der Waals surface area contributed by atoms with Crippen molar-refractivity contribution in [3.63, 3.8) is 0 Å². The van der Waals surface area contributed by atoms with E-state index in [0.717, 1.165) is 17.1 Å². The average Bonchev–Trinajstić information content (AvgIpc) is 3.14. The number of thioether (sulfide) groups is 1. The molecule has 0 unspecified atom stereocenters. The van der Waals surface area contributed by atoms with E-state index in [4.69, 9.17) is 4.42 Å². The highest BCUT2D eigenvalue weighted by atomic mass is 32.2. The molecular formula is C14H15N5O2S. The first-order chi connectivity index (χ1) is 10.6. The molecule has 3 rings (SSSR count). The van der Waals surface area contributed by atoms with Gasteiger partial charge >= 0.3 is 0 Å². The van der Waals surface area contributed by atoms with Crippen LogP contribution in [0, 0.1) is 0 Å². The Balaban J connectivity index is 1.78. The minimum absolute atomic E-state index is 0.204. The molecule has 114 valence electrons. The lowest BCUT2D eigenvalue weighted by Crippen LogP contribution is -1.99. The van der Waals surface area contributed by atoms with Crippen LogP contribution in [-0.2, 0) is 5.75 Å². The SMILES string of the molecule is CC(C)c1ocnc1CSc1nnnn1-c1ccc(O)cc1. The van der Waals surface area contributed by atoms with Gasteiger partial charge in [-0.2, -0.15) is 4.68 Å². The van der Waals surface area contributed by atoms with E-state index in [-0.39, 0.29) is 11.7 Å². The molecule has 7 nitrogen and oxygen atoms in total. The van der Waals surface area contributed by atoms with Gasteiger partial charge in [0.25, 0.3) is 0 Å². The molecule has 1 aromatic carbocycles. The second-order valence-electron chi connectivity index (χ2n) is 5.00. The van der Waals surface area contributed by atoms with E-state index >= 15 is 0 Å². The lowest BCUT2D eigenvalue weighted by atomic mass is 10.1. The summed E-state index contributed by atoms with van der Waals surface area (Å²) in [6, 6.07) is 6.71. The second kappa shape index (κ2) is 6.18. The molecule has 2 aromatic heterocycles. The summed E-state index contributed by atoms with van der Waals surface area (Å²) in [6.45, 7) is 4.13. The monoisotopic (exact) mass is 317 g/mol.